The smallest absolute Gasteiger partial charge is 0.229 e. The van der Waals surface area contributed by atoms with E-state index in [1.807, 2.05) is 0 Å². The van der Waals surface area contributed by atoms with Crippen LogP contribution in [-0.4, -0.2) is 147 Å². The molecule has 6 unspecified atom stereocenters. The van der Waals surface area contributed by atoms with Crippen LogP contribution in [0.15, 0.2) is 91.2 Å². The maximum atomic E-state index is 14.3. The zero-order chi connectivity index (χ0) is 48.9. The summed E-state index contributed by atoms with van der Waals surface area (Å²) in [6.45, 7) is -1.56. The molecule has 0 spiro atoms. The van der Waals surface area contributed by atoms with Gasteiger partial charge in [-0.3, -0.25) is 19.2 Å². The summed E-state index contributed by atoms with van der Waals surface area (Å²) in [6.07, 6.45) is -18.5. The van der Waals surface area contributed by atoms with Gasteiger partial charge in [-0.1, -0.05) is 24.3 Å². The lowest BCUT2D eigenvalue weighted by atomic mass is 9.96. The molecule has 2 aliphatic rings. The van der Waals surface area contributed by atoms with Crippen LogP contribution in [0.1, 0.15) is 34.0 Å². The molecule has 8 rings (SSSR count). The number of aliphatic hydroxyl groups excluding tert-OH is 8. The third kappa shape index (κ3) is 8.83. The average Bonchev–Trinajstić information content (AvgIpc) is 3.31. The van der Waals surface area contributed by atoms with Gasteiger partial charge in [-0.2, -0.15) is 0 Å². The Balaban J connectivity index is 1.16. The zero-order valence-electron chi connectivity index (χ0n) is 35.0. The molecule has 0 amide bonds. The van der Waals surface area contributed by atoms with Crippen molar-refractivity contribution in [2.75, 3.05) is 13.2 Å². The van der Waals surface area contributed by atoms with E-state index in [-0.39, 0.29) is 34.1 Å². The molecule has 12 N–H and O–H groups in total. The number of hydrogen-bond acceptors (Lipinski definition) is 22. The summed E-state index contributed by atoms with van der Waals surface area (Å²) in [6, 6.07) is 13.9. The highest BCUT2D eigenvalue weighted by Gasteiger charge is 2.46. The highest BCUT2D eigenvalue weighted by atomic mass is 16.7. The summed E-state index contributed by atoms with van der Waals surface area (Å²) in [5.74, 6) is -5.85. The Morgan fingerprint density at radius 3 is 1.19 bits per heavy atom. The van der Waals surface area contributed by atoms with Gasteiger partial charge in [0.05, 0.1) is 24.3 Å². The quantitative estimate of drug-likeness (QED) is 0.0691. The second kappa shape index (κ2) is 19.0. The minimum Gasteiger partial charge on any atom is -0.508 e. The van der Waals surface area contributed by atoms with Gasteiger partial charge in [0.25, 0.3) is 0 Å². The number of rotatable bonds is 13. The molecule has 0 radical (unpaired) electrons. The van der Waals surface area contributed by atoms with E-state index >= 15 is 0 Å². The molecule has 2 aromatic heterocycles. The second-order valence-corrected chi connectivity index (χ2v) is 16.0. The highest BCUT2D eigenvalue weighted by molar-refractivity contribution is 6.07. The van der Waals surface area contributed by atoms with Crippen molar-refractivity contribution in [1.29, 1.82) is 0 Å². The molecule has 2 saturated heterocycles. The topological polar surface area (TPSA) is 374 Å². The van der Waals surface area contributed by atoms with Gasteiger partial charge in [-0.25, -0.2) is 0 Å². The van der Waals surface area contributed by atoms with Crippen LogP contribution in [0.25, 0.3) is 44.2 Å². The molecule has 4 aromatic carbocycles. The highest BCUT2D eigenvalue weighted by Crippen LogP contribution is 2.38. The number of aromatic hydroxyl groups is 4. The zero-order valence-corrected chi connectivity index (χ0v) is 35.0. The molecule has 358 valence electrons. The van der Waals surface area contributed by atoms with Crippen LogP contribution in [0.3, 0.4) is 0 Å². The number of phenols is 4. The number of aliphatic hydroxyl groups is 8. The first kappa shape index (κ1) is 47.5. The Hall–Kier alpha value is -6.96. The van der Waals surface area contributed by atoms with Gasteiger partial charge < -0.3 is 89.1 Å². The Morgan fingerprint density at radius 1 is 0.500 bits per heavy atom. The Labute approximate surface area is 380 Å². The molecule has 22 heteroatoms. The standard InChI is InChI=1S/C46H42O22/c47-15-29-35(55)39(59)41(61)45(67-29)63-21-11-25(53)33-27(13-21)65-43(31(37(33)57)17-1-5-19(49)6-2-17)23(51)9-10-24(52)44-32(18-3-7-20(50)8-4-18)38(58)34-26(54)12-22(14-28(34)66-44)64-46-42(62)40(60)36(56)30(16-48)68-46/h1-8,11-14,29-30,35-36,39-42,45-50,53-56,59-62H,9-10,15-16H2/t29?,30?,35-,36-,39?,40?,41?,42?,45-,46-/m1/s1. The monoisotopic (exact) mass is 946 g/mol. The summed E-state index contributed by atoms with van der Waals surface area (Å²) in [5.41, 5.74) is -3.57. The third-order valence-corrected chi connectivity index (χ3v) is 11.5. The van der Waals surface area contributed by atoms with Crippen LogP contribution >= 0.6 is 0 Å². The molecule has 68 heavy (non-hydrogen) atoms. The number of fused-ring (bicyclic) bond motifs is 2. The van der Waals surface area contributed by atoms with Crippen LogP contribution in [0.2, 0.25) is 0 Å². The number of ether oxygens (including phenoxy) is 4. The summed E-state index contributed by atoms with van der Waals surface area (Å²) in [4.78, 5) is 57.0. The predicted octanol–water partition coefficient (Wildman–Crippen LogP) is 0.259. The Kier molecular flexibility index (Phi) is 13.3. The van der Waals surface area contributed by atoms with Gasteiger partial charge in [0.15, 0.2) is 23.1 Å². The van der Waals surface area contributed by atoms with Crippen LogP contribution in [0, 0.1) is 0 Å². The minimum absolute atomic E-state index is 0.0332. The number of hydrogen-bond donors (Lipinski definition) is 12. The summed E-state index contributed by atoms with van der Waals surface area (Å²) < 4.78 is 33.9. The molecular weight excluding hydrogens is 904 g/mol. The van der Waals surface area contributed by atoms with E-state index in [0.29, 0.717) is 0 Å². The lowest BCUT2D eigenvalue weighted by Gasteiger charge is -2.39. The molecule has 4 heterocycles. The molecule has 10 atom stereocenters. The second-order valence-electron chi connectivity index (χ2n) is 16.0. The first-order valence-corrected chi connectivity index (χ1v) is 20.7. The molecule has 2 aliphatic heterocycles. The van der Waals surface area contributed by atoms with E-state index in [2.05, 4.69) is 0 Å². The fraction of sp³-hybridized carbons (Fsp3) is 0.304. The number of ketones is 2. The first-order chi connectivity index (χ1) is 32.4. The maximum Gasteiger partial charge on any atom is 0.229 e. The molecule has 0 saturated carbocycles. The number of Topliss-reactive ketones (excluding diaryl/α,β-unsaturated/α-hetero) is 2. The number of carbonyl (C=O) groups is 2. The summed E-state index contributed by atoms with van der Waals surface area (Å²) in [7, 11) is 0. The van der Waals surface area contributed by atoms with Gasteiger partial charge in [-0.05, 0) is 35.4 Å². The van der Waals surface area contributed by atoms with Crippen molar-refractivity contribution in [1.82, 2.24) is 0 Å². The summed E-state index contributed by atoms with van der Waals surface area (Å²) in [5, 5.41) is 122. The van der Waals surface area contributed by atoms with Crippen molar-refractivity contribution in [3.8, 4) is 56.8 Å². The number of phenolic OH excluding ortho intramolecular Hbond substituents is 4. The van der Waals surface area contributed by atoms with Crippen LogP contribution < -0.4 is 20.3 Å². The Morgan fingerprint density at radius 2 is 0.853 bits per heavy atom. The SMILES string of the molecule is O=C(CCC(=O)c1oc2cc(O[C@@H]3OC(CO)[C@@H](O)C(O)C3O)cc(O)c2c(=O)c1-c1ccc(O)cc1)c1oc2cc(O[C@@H]3OC(CO)[C@@H](O)C(O)C3O)cc(O)c2c(=O)c1-c1ccc(O)cc1. The third-order valence-electron chi connectivity index (χ3n) is 11.5. The molecule has 0 bridgehead atoms. The molecule has 0 aliphatic carbocycles. The van der Waals surface area contributed by atoms with Gasteiger partial charge in [-0.15, -0.1) is 0 Å². The molecule has 2 fully saturated rings. The van der Waals surface area contributed by atoms with Crippen LogP contribution in [0.5, 0.6) is 34.5 Å². The van der Waals surface area contributed by atoms with Crippen LogP contribution in [0.4, 0.5) is 0 Å². The van der Waals surface area contributed by atoms with Crippen LogP contribution in [-0.2, 0) is 9.47 Å². The van der Waals surface area contributed by atoms with Gasteiger partial charge in [0.2, 0.25) is 23.4 Å². The number of benzene rings is 4. The fourth-order valence-corrected chi connectivity index (χ4v) is 7.91. The Bertz CT molecular complexity index is 2790. The van der Waals surface area contributed by atoms with Gasteiger partial charge >= 0.3 is 0 Å². The minimum atomic E-state index is -1.87. The van der Waals surface area contributed by atoms with Crippen molar-refractivity contribution in [2.24, 2.45) is 0 Å². The summed E-state index contributed by atoms with van der Waals surface area (Å²) >= 11 is 0. The van der Waals surface area contributed by atoms with E-state index < -0.39 is 166 Å². The lowest BCUT2D eigenvalue weighted by Crippen LogP contribution is -2.60. The molecule has 22 nitrogen and oxygen atoms in total. The van der Waals surface area contributed by atoms with Crippen molar-refractivity contribution in [3.05, 3.63) is 105 Å². The van der Waals surface area contributed by atoms with Gasteiger partial charge in [0, 0.05) is 37.1 Å². The first-order valence-electron chi connectivity index (χ1n) is 20.7. The van der Waals surface area contributed by atoms with E-state index in [4.69, 9.17) is 27.8 Å². The normalized spacial score (nSPS) is 25.1. The van der Waals surface area contributed by atoms with Crippen molar-refractivity contribution < 1.29 is 98.6 Å². The van der Waals surface area contributed by atoms with E-state index in [0.717, 1.165) is 24.3 Å². The molecule has 6 aromatic rings. The maximum absolute atomic E-state index is 14.3. The van der Waals surface area contributed by atoms with Crippen molar-refractivity contribution in [2.45, 2.75) is 74.3 Å². The molecular formula is C46H42O22. The van der Waals surface area contributed by atoms with E-state index in [9.17, 15) is 80.5 Å². The van der Waals surface area contributed by atoms with Crippen molar-refractivity contribution >= 4 is 33.5 Å². The largest absolute Gasteiger partial charge is 0.508 e. The predicted molar refractivity (Wildman–Crippen MR) is 229 cm³/mol. The van der Waals surface area contributed by atoms with Gasteiger partial charge in [0.1, 0.15) is 105 Å². The van der Waals surface area contributed by atoms with Crippen molar-refractivity contribution in [3.63, 3.8) is 0 Å². The number of carbonyl (C=O) groups excluding carboxylic acids is 2. The van der Waals surface area contributed by atoms with E-state index in [1.165, 1.54) is 48.5 Å². The average molecular weight is 947 g/mol. The fourth-order valence-electron chi connectivity index (χ4n) is 7.91. The lowest BCUT2D eigenvalue weighted by molar-refractivity contribution is -0.277. The van der Waals surface area contributed by atoms with E-state index in [1.54, 1.807) is 0 Å².